The third kappa shape index (κ3) is 4.93. The molecule has 4 N–H and O–H groups in total. The molecule has 0 heterocycles. The molecule has 1 aromatic carbocycles. The standard InChI is InChI=1S/C19H30O5/c1-2-3-4-9-24-15-7-5-13(6-8-15)10-14-11-17(21)19(23)18(22)16(14)12-20/h5-8,14,16-23H,2-4,9-12H2,1H3/t14?,16-,17+,18+,19-/m1/s1. The van der Waals surface area contributed by atoms with Crippen LogP contribution in [-0.4, -0.2) is 52.0 Å². The van der Waals surface area contributed by atoms with Crippen molar-refractivity contribution in [3.63, 3.8) is 0 Å². The van der Waals surface area contributed by atoms with Crippen molar-refractivity contribution in [3.8, 4) is 5.75 Å². The molecule has 1 aliphatic rings. The first-order valence-electron chi connectivity index (χ1n) is 8.93. The largest absolute Gasteiger partial charge is 0.494 e. The van der Waals surface area contributed by atoms with Gasteiger partial charge in [-0.05, 0) is 42.9 Å². The van der Waals surface area contributed by atoms with E-state index >= 15 is 0 Å². The molecule has 2 rings (SSSR count). The number of hydrogen-bond acceptors (Lipinski definition) is 5. The van der Waals surface area contributed by atoms with Crippen molar-refractivity contribution in [1.82, 2.24) is 0 Å². The van der Waals surface area contributed by atoms with E-state index in [1.807, 2.05) is 24.3 Å². The predicted octanol–water partition coefficient (Wildman–Crippen LogP) is 1.51. The molecule has 0 spiro atoms. The molecular formula is C19H30O5. The molecule has 1 saturated carbocycles. The summed E-state index contributed by atoms with van der Waals surface area (Å²) >= 11 is 0. The zero-order chi connectivity index (χ0) is 17.5. The van der Waals surface area contributed by atoms with Crippen molar-refractivity contribution in [2.24, 2.45) is 11.8 Å². The maximum atomic E-state index is 10.1. The summed E-state index contributed by atoms with van der Waals surface area (Å²) in [7, 11) is 0. The second kappa shape index (κ2) is 9.37. The summed E-state index contributed by atoms with van der Waals surface area (Å²) in [5.74, 6) is 0.348. The number of rotatable bonds is 8. The highest BCUT2D eigenvalue weighted by molar-refractivity contribution is 5.27. The van der Waals surface area contributed by atoms with E-state index in [0.717, 1.165) is 24.3 Å². The van der Waals surface area contributed by atoms with Crippen molar-refractivity contribution in [2.75, 3.05) is 13.2 Å². The highest BCUT2D eigenvalue weighted by Gasteiger charge is 2.42. The highest BCUT2D eigenvalue weighted by atomic mass is 16.5. The fraction of sp³-hybridized carbons (Fsp3) is 0.684. The highest BCUT2D eigenvalue weighted by Crippen LogP contribution is 2.33. The van der Waals surface area contributed by atoms with Gasteiger partial charge in [-0.2, -0.15) is 0 Å². The Morgan fingerprint density at radius 1 is 1.04 bits per heavy atom. The topological polar surface area (TPSA) is 90.2 Å². The van der Waals surface area contributed by atoms with Crippen LogP contribution in [0.1, 0.15) is 38.2 Å². The first kappa shape index (κ1) is 19.2. The molecule has 0 aliphatic heterocycles. The van der Waals surface area contributed by atoms with Crippen molar-refractivity contribution in [1.29, 1.82) is 0 Å². The van der Waals surface area contributed by atoms with Crippen LogP contribution in [0.5, 0.6) is 5.75 Å². The Morgan fingerprint density at radius 2 is 1.75 bits per heavy atom. The van der Waals surface area contributed by atoms with Gasteiger partial charge in [-0.3, -0.25) is 0 Å². The second-order valence-corrected chi connectivity index (χ2v) is 6.79. The summed E-state index contributed by atoms with van der Waals surface area (Å²) < 4.78 is 5.69. The molecule has 0 radical (unpaired) electrons. The maximum absolute atomic E-state index is 10.1. The Morgan fingerprint density at radius 3 is 2.38 bits per heavy atom. The average Bonchev–Trinajstić information content (AvgIpc) is 2.58. The number of ether oxygens (including phenoxy) is 1. The zero-order valence-electron chi connectivity index (χ0n) is 14.3. The summed E-state index contributed by atoms with van der Waals surface area (Å²) in [4.78, 5) is 0. The van der Waals surface area contributed by atoms with Gasteiger partial charge in [0.1, 0.15) is 11.9 Å². The molecule has 0 amide bonds. The summed E-state index contributed by atoms with van der Waals surface area (Å²) in [6.45, 7) is 2.68. The summed E-state index contributed by atoms with van der Waals surface area (Å²) in [6.07, 6.45) is 1.18. The second-order valence-electron chi connectivity index (χ2n) is 6.79. The quantitative estimate of drug-likeness (QED) is 0.540. The van der Waals surface area contributed by atoms with Gasteiger partial charge in [0.25, 0.3) is 0 Å². The SMILES string of the molecule is CCCCCOc1ccc(CC2C[C@H](O)[C@@H](O)[C@@H](O)[C@@H]2CO)cc1. The van der Waals surface area contributed by atoms with E-state index in [0.29, 0.717) is 12.8 Å². The minimum atomic E-state index is -1.18. The van der Waals surface area contributed by atoms with Crippen LogP contribution >= 0.6 is 0 Å². The lowest BCUT2D eigenvalue weighted by Crippen LogP contribution is -2.52. The van der Waals surface area contributed by atoms with Crippen molar-refractivity contribution in [2.45, 2.75) is 57.3 Å². The molecule has 1 aliphatic carbocycles. The van der Waals surface area contributed by atoms with Crippen LogP contribution in [0.2, 0.25) is 0 Å². The molecule has 5 heteroatoms. The molecule has 0 bridgehead atoms. The van der Waals surface area contributed by atoms with Gasteiger partial charge in [-0.25, -0.2) is 0 Å². The lowest BCUT2D eigenvalue weighted by molar-refractivity contribution is -0.138. The molecule has 0 saturated heterocycles. The van der Waals surface area contributed by atoms with E-state index in [9.17, 15) is 20.4 Å². The number of unbranched alkanes of at least 4 members (excludes halogenated alkanes) is 2. The molecule has 1 aromatic rings. The van der Waals surface area contributed by atoms with Gasteiger partial charge in [0.05, 0.1) is 18.8 Å². The van der Waals surface area contributed by atoms with Crippen LogP contribution in [0.25, 0.3) is 0 Å². The molecule has 136 valence electrons. The van der Waals surface area contributed by atoms with E-state index < -0.39 is 24.2 Å². The Balaban J connectivity index is 1.92. The Labute approximate surface area is 143 Å². The summed E-state index contributed by atoms with van der Waals surface area (Å²) in [6, 6.07) is 7.82. The molecule has 1 fully saturated rings. The number of benzene rings is 1. The van der Waals surface area contributed by atoms with E-state index in [1.165, 1.54) is 12.8 Å². The minimum Gasteiger partial charge on any atom is -0.494 e. The van der Waals surface area contributed by atoms with Gasteiger partial charge in [-0.15, -0.1) is 0 Å². The van der Waals surface area contributed by atoms with Crippen molar-refractivity contribution >= 4 is 0 Å². The molecule has 0 aromatic heterocycles. The maximum Gasteiger partial charge on any atom is 0.119 e. The number of aliphatic hydroxyl groups is 4. The first-order chi connectivity index (χ1) is 11.6. The zero-order valence-corrected chi connectivity index (χ0v) is 14.3. The van der Waals surface area contributed by atoms with E-state index in [2.05, 4.69) is 6.92 Å². The van der Waals surface area contributed by atoms with Gasteiger partial charge < -0.3 is 25.2 Å². The van der Waals surface area contributed by atoms with Crippen LogP contribution in [0, 0.1) is 11.8 Å². The molecular weight excluding hydrogens is 308 g/mol. The number of aliphatic hydroxyl groups excluding tert-OH is 4. The van der Waals surface area contributed by atoms with Crippen LogP contribution in [0.15, 0.2) is 24.3 Å². The minimum absolute atomic E-state index is 0.0697. The lowest BCUT2D eigenvalue weighted by Gasteiger charge is -2.40. The third-order valence-corrected chi connectivity index (χ3v) is 4.98. The number of hydrogen-bond donors (Lipinski definition) is 4. The van der Waals surface area contributed by atoms with Gasteiger partial charge in [0.2, 0.25) is 0 Å². The van der Waals surface area contributed by atoms with Crippen LogP contribution in [-0.2, 0) is 6.42 Å². The molecule has 1 unspecified atom stereocenters. The first-order valence-corrected chi connectivity index (χ1v) is 8.93. The Kier molecular flexibility index (Phi) is 7.49. The van der Waals surface area contributed by atoms with Gasteiger partial charge in [-0.1, -0.05) is 31.9 Å². The van der Waals surface area contributed by atoms with Crippen LogP contribution in [0.4, 0.5) is 0 Å². The summed E-state index contributed by atoms with van der Waals surface area (Å²) in [5.41, 5.74) is 1.06. The van der Waals surface area contributed by atoms with E-state index in [1.54, 1.807) is 0 Å². The third-order valence-electron chi connectivity index (χ3n) is 4.98. The van der Waals surface area contributed by atoms with E-state index in [-0.39, 0.29) is 12.5 Å². The fourth-order valence-electron chi connectivity index (χ4n) is 3.44. The normalized spacial score (nSPS) is 30.3. The Hall–Kier alpha value is -1.14. The molecule has 5 atom stereocenters. The lowest BCUT2D eigenvalue weighted by atomic mass is 9.72. The van der Waals surface area contributed by atoms with E-state index in [4.69, 9.17) is 4.74 Å². The summed E-state index contributed by atoms with van der Waals surface area (Å²) in [5, 5.41) is 39.2. The van der Waals surface area contributed by atoms with Crippen LogP contribution in [0.3, 0.4) is 0 Å². The van der Waals surface area contributed by atoms with Gasteiger partial charge in [0.15, 0.2) is 0 Å². The smallest absolute Gasteiger partial charge is 0.119 e. The molecule has 5 nitrogen and oxygen atoms in total. The monoisotopic (exact) mass is 338 g/mol. The Bertz CT molecular complexity index is 475. The van der Waals surface area contributed by atoms with Gasteiger partial charge >= 0.3 is 0 Å². The van der Waals surface area contributed by atoms with Crippen molar-refractivity contribution < 1.29 is 25.2 Å². The predicted molar refractivity (Wildman–Crippen MR) is 91.9 cm³/mol. The van der Waals surface area contributed by atoms with Crippen molar-refractivity contribution in [3.05, 3.63) is 29.8 Å². The average molecular weight is 338 g/mol. The van der Waals surface area contributed by atoms with Gasteiger partial charge in [0, 0.05) is 12.5 Å². The van der Waals surface area contributed by atoms with Crippen LogP contribution < -0.4 is 4.74 Å². The molecule has 24 heavy (non-hydrogen) atoms. The fourth-order valence-corrected chi connectivity index (χ4v) is 3.44.